The molecule has 98 valence electrons. The predicted molar refractivity (Wildman–Crippen MR) is 74.8 cm³/mol. The molecule has 0 aromatic heterocycles. The highest BCUT2D eigenvalue weighted by atomic mass is 16.2. The molecule has 1 aliphatic rings. The van der Waals surface area contributed by atoms with E-state index < -0.39 is 0 Å². The molecule has 1 aliphatic heterocycles. The lowest BCUT2D eigenvalue weighted by atomic mass is 10.1. The molecule has 18 heavy (non-hydrogen) atoms. The van der Waals surface area contributed by atoms with Crippen molar-refractivity contribution in [3.8, 4) is 0 Å². The van der Waals surface area contributed by atoms with Gasteiger partial charge in [-0.1, -0.05) is 18.2 Å². The minimum absolute atomic E-state index is 0.228. The van der Waals surface area contributed by atoms with Gasteiger partial charge in [0.15, 0.2) is 0 Å². The van der Waals surface area contributed by atoms with Gasteiger partial charge in [0, 0.05) is 24.7 Å². The highest BCUT2D eigenvalue weighted by Crippen LogP contribution is 2.21. The Morgan fingerprint density at radius 3 is 2.83 bits per heavy atom. The van der Waals surface area contributed by atoms with Gasteiger partial charge in [0.1, 0.15) is 0 Å². The molecular formula is C15H22N2O. The van der Waals surface area contributed by atoms with Crippen molar-refractivity contribution in [1.29, 1.82) is 0 Å². The van der Waals surface area contributed by atoms with Gasteiger partial charge in [-0.2, -0.15) is 0 Å². The third-order valence-corrected chi connectivity index (χ3v) is 3.61. The lowest BCUT2D eigenvalue weighted by Crippen LogP contribution is -2.36. The molecule has 0 saturated carbocycles. The van der Waals surface area contributed by atoms with E-state index in [2.05, 4.69) is 18.3 Å². The van der Waals surface area contributed by atoms with Crippen LogP contribution in [0.5, 0.6) is 0 Å². The molecule has 2 rings (SSSR count). The summed E-state index contributed by atoms with van der Waals surface area (Å²) in [6.45, 7) is 5.87. The largest absolute Gasteiger partial charge is 0.313 e. The van der Waals surface area contributed by atoms with Crippen LogP contribution in [0.2, 0.25) is 0 Å². The van der Waals surface area contributed by atoms with Crippen molar-refractivity contribution < 1.29 is 4.79 Å². The highest BCUT2D eigenvalue weighted by molar-refractivity contribution is 5.94. The van der Waals surface area contributed by atoms with Gasteiger partial charge in [0.2, 0.25) is 5.91 Å². The lowest BCUT2D eigenvalue weighted by molar-refractivity contribution is -0.119. The second-order valence-electron chi connectivity index (χ2n) is 4.92. The van der Waals surface area contributed by atoms with E-state index in [0.717, 1.165) is 30.8 Å². The van der Waals surface area contributed by atoms with Crippen molar-refractivity contribution in [3.63, 3.8) is 0 Å². The fourth-order valence-electron chi connectivity index (χ4n) is 2.60. The molecule has 1 unspecified atom stereocenters. The fraction of sp³-hybridized carbons (Fsp3) is 0.533. The van der Waals surface area contributed by atoms with Crippen LogP contribution in [0.1, 0.15) is 31.7 Å². The first-order chi connectivity index (χ1) is 8.72. The minimum Gasteiger partial charge on any atom is -0.313 e. The summed E-state index contributed by atoms with van der Waals surface area (Å²) < 4.78 is 0. The summed E-state index contributed by atoms with van der Waals surface area (Å²) in [5.41, 5.74) is 2.20. The Balaban J connectivity index is 2.08. The lowest BCUT2D eigenvalue weighted by Gasteiger charge is -2.24. The van der Waals surface area contributed by atoms with Gasteiger partial charge >= 0.3 is 0 Å². The summed E-state index contributed by atoms with van der Waals surface area (Å²) in [5, 5.41) is 3.39. The Morgan fingerprint density at radius 2 is 2.22 bits per heavy atom. The van der Waals surface area contributed by atoms with Crippen LogP contribution in [0, 0.1) is 6.92 Å². The molecule has 0 bridgehead atoms. The number of anilines is 1. The maximum Gasteiger partial charge on any atom is 0.228 e. The Kier molecular flexibility index (Phi) is 4.37. The van der Waals surface area contributed by atoms with Crippen LogP contribution in [-0.4, -0.2) is 25.0 Å². The van der Waals surface area contributed by atoms with Gasteiger partial charge in [-0.05, 0) is 44.9 Å². The van der Waals surface area contributed by atoms with Crippen molar-refractivity contribution in [3.05, 3.63) is 29.8 Å². The van der Waals surface area contributed by atoms with Gasteiger partial charge in [0.05, 0.1) is 0 Å². The normalized spacial score (nSPS) is 18.9. The van der Waals surface area contributed by atoms with Gasteiger partial charge in [0.25, 0.3) is 0 Å². The van der Waals surface area contributed by atoms with E-state index >= 15 is 0 Å². The molecule has 1 atom stereocenters. The molecular weight excluding hydrogens is 224 g/mol. The van der Waals surface area contributed by atoms with Gasteiger partial charge in [-0.15, -0.1) is 0 Å². The molecule has 0 aliphatic carbocycles. The predicted octanol–water partition coefficient (Wildman–Crippen LogP) is 2.49. The number of hydrogen-bond acceptors (Lipinski definition) is 2. The zero-order valence-electron chi connectivity index (χ0n) is 11.3. The zero-order valence-corrected chi connectivity index (χ0v) is 11.3. The monoisotopic (exact) mass is 246 g/mol. The number of para-hydroxylation sites is 1. The summed E-state index contributed by atoms with van der Waals surface area (Å²) >= 11 is 0. The first-order valence-corrected chi connectivity index (χ1v) is 6.81. The Hall–Kier alpha value is -1.35. The molecule has 1 amide bonds. The number of benzene rings is 1. The number of nitrogens with zero attached hydrogens (tertiary/aromatic N) is 1. The third-order valence-electron chi connectivity index (χ3n) is 3.61. The van der Waals surface area contributed by atoms with Crippen molar-refractivity contribution in [2.75, 3.05) is 18.0 Å². The second kappa shape index (κ2) is 6.01. The number of amides is 1. The van der Waals surface area contributed by atoms with Crippen LogP contribution in [0.25, 0.3) is 0 Å². The van der Waals surface area contributed by atoms with Crippen LogP contribution in [0.15, 0.2) is 24.3 Å². The van der Waals surface area contributed by atoms with Crippen molar-refractivity contribution in [1.82, 2.24) is 5.32 Å². The molecule has 1 aromatic rings. The smallest absolute Gasteiger partial charge is 0.228 e. The van der Waals surface area contributed by atoms with Crippen molar-refractivity contribution in [2.24, 2.45) is 0 Å². The summed E-state index contributed by atoms with van der Waals surface area (Å²) in [4.78, 5) is 14.3. The number of carbonyl (C=O) groups excluding carboxylic acids is 1. The van der Waals surface area contributed by atoms with Gasteiger partial charge in [-0.25, -0.2) is 0 Å². The number of hydrogen-bond donors (Lipinski definition) is 1. The van der Waals surface area contributed by atoms with E-state index in [9.17, 15) is 4.79 Å². The molecule has 0 spiro atoms. The number of aryl methyl sites for hydroxylation is 1. The zero-order chi connectivity index (χ0) is 13.0. The van der Waals surface area contributed by atoms with Gasteiger partial charge in [-0.3, -0.25) is 4.79 Å². The number of rotatable bonds is 4. The van der Waals surface area contributed by atoms with E-state index in [-0.39, 0.29) is 5.91 Å². The molecule has 1 saturated heterocycles. The molecule has 3 nitrogen and oxygen atoms in total. The topological polar surface area (TPSA) is 32.3 Å². The summed E-state index contributed by atoms with van der Waals surface area (Å²) in [6.07, 6.45) is 2.92. The van der Waals surface area contributed by atoms with Crippen LogP contribution in [-0.2, 0) is 4.79 Å². The van der Waals surface area contributed by atoms with Gasteiger partial charge < -0.3 is 10.2 Å². The van der Waals surface area contributed by atoms with E-state index in [0.29, 0.717) is 12.5 Å². The van der Waals surface area contributed by atoms with Crippen LogP contribution in [0.3, 0.4) is 0 Å². The SMILES string of the molecule is CCN(C(=O)CC1CCCN1)c1ccccc1C. The second-order valence-corrected chi connectivity index (χ2v) is 4.92. The fourth-order valence-corrected chi connectivity index (χ4v) is 2.60. The quantitative estimate of drug-likeness (QED) is 0.885. The summed E-state index contributed by atoms with van der Waals surface area (Å²) in [6, 6.07) is 8.45. The number of nitrogens with one attached hydrogen (secondary N) is 1. The summed E-state index contributed by atoms with van der Waals surface area (Å²) in [5.74, 6) is 0.228. The van der Waals surface area contributed by atoms with Crippen LogP contribution >= 0.6 is 0 Å². The molecule has 0 radical (unpaired) electrons. The minimum atomic E-state index is 0.228. The van der Waals surface area contributed by atoms with E-state index in [1.807, 2.05) is 30.0 Å². The number of carbonyl (C=O) groups is 1. The van der Waals surface area contributed by atoms with E-state index in [1.165, 1.54) is 6.42 Å². The maximum atomic E-state index is 12.4. The Bertz CT molecular complexity index is 411. The Morgan fingerprint density at radius 1 is 1.44 bits per heavy atom. The highest BCUT2D eigenvalue weighted by Gasteiger charge is 2.22. The van der Waals surface area contributed by atoms with E-state index in [1.54, 1.807) is 0 Å². The van der Waals surface area contributed by atoms with Crippen molar-refractivity contribution >= 4 is 11.6 Å². The average molecular weight is 246 g/mol. The maximum absolute atomic E-state index is 12.4. The first-order valence-electron chi connectivity index (χ1n) is 6.81. The van der Waals surface area contributed by atoms with Crippen LogP contribution < -0.4 is 10.2 Å². The van der Waals surface area contributed by atoms with Crippen LogP contribution in [0.4, 0.5) is 5.69 Å². The average Bonchev–Trinajstić information content (AvgIpc) is 2.85. The van der Waals surface area contributed by atoms with E-state index in [4.69, 9.17) is 0 Å². The molecule has 1 fully saturated rings. The third kappa shape index (κ3) is 2.91. The Labute approximate surface area is 109 Å². The summed E-state index contributed by atoms with van der Waals surface area (Å²) in [7, 11) is 0. The molecule has 3 heteroatoms. The molecule has 1 aromatic carbocycles. The first kappa shape index (κ1) is 13.1. The molecule has 1 heterocycles. The molecule has 1 N–H and O–H groups in total. The van der Waals surface area contributed by atoms with Crippen molar-refractivity contribution in [2.45, 2.75) is 39.2 Å². The standard InChI is InChI=1S/C15H22N2O/c1-3-17(14-9-5-4-7-12(14)2)15(18)11-13-8-6-10-16-13/h4-5,7,9,13,16H,3,6,8,10-11H2,1-2H3.